The monoisotopic (exact) mass is 401 g/mol. The molecule has 146 valence electrons. The van der Waals surface area contributed by atoms with Gasteiger partial charge in [-0.15, -0.1) is 0 Å². The van der Waals surface area contributed by atoms with Crippen LogP contribution >= 0.6 is 0 Å². The zero-order valence-electron chi connectivity index (χ0n) is 15.4. The summed E-state index contributed by atoms with van der Waals surface area (Å²) in [5, 5.41) is -0.146. The molecule has 1 atom stereocenters. The Hall–Kier alpha value is -2.74. The average Bonchev–Trinajstić information content (AvgIpc) is 3.25. The Labute approximate surface area is 162 Å². The highest BCUT2D eigenvalue weighted by atomic mass is 32.2. The van der Waals surface area contributed by atoms with Crippen LogP contribution in [0, 0.1) is 5.82 Å². The Morgan fingerprint density at radius 3 is 2.82 bits per heavy atom. The fraction of sp³-hybridized carbons (Fsp3) is 0.300. The Kier molecular flexibility index (Phi) is 4.66. The van der Waals surface area contributed by atoms with Gasteiger partial charge in [0, 0.05) is 25.0 Å². The summed E-state index contributed by atoms with van der Waals surface area (Å²) in [4.78, 5) is 19.2. The normalized spacial score (nSPS) is 17.4. The van der Waals surface area contributed by atoms with Crippen molar-refractivity contribution in [1.29, 1.82) is 0 Å². The first-order valence-corrected chi connectivity index (χ1v) is 11.0. The third kappa shape index (κ3) is 3.40. The molecule has 0 N–H and O–H groups in total. The van der Waals surface area contributed by atoms with E-state index in [-0.39, 0.29) is 28.6 Å². The van der Waals surface area contributed by atoms with Gasteiger partial charge in [-0.1, -0.05) is 18.2 Å². The van der Waals surface area contributed by atoms with Gasteiger partial charge in [-0.2, -0.15) is 0 Å². The second-order valence-electron chi connectivity index (χ2n) is 7.10. The topological polar surface area (TPSA) is 71.7 Å². The zero-order chi connectivity index (χ0) is 19.9. The molecule has 8 heteroatoms. The van der Waals surface area contributed by atoms with Gasteiger partial charge in [0.25, 0.3) is 5.91 Å². The van der Waals surface area contributed by atoms with Gasteiger partial charge in [0.1, 0.15) is 5.82 Å². The summed E-state index contributed by atoms with van der Waals surface area (Å²) in [5.74, 6) is -0.594. The molecule has 6 nitrogen and oxygen atoms in total. The molecule has 1 saturated heterocycles. The molecular weight excluding hydrogens is 381 g/mol. The van der Waals surface area contributed by atoms with E-state index in [1.165, 1.54) is 16.5 Å². The van der Waals surface area contributed by atoms with Crippen molar-refractivity contribution in [3.8, 4) is 0 Å². The molecule has 1 fully saturated rings. The number of amides is 1. The van der Waals surface area contributed by atoms with Crippen molar-refractivity contribution in [2.24, 2.45) is 0 Å². The van der Waals surface area contributed by atoms with Gasteiger partial charge in [0.05, 0.1) is 5.52 Å². The standard InChI is InChI=1S/C20H20FN3O3S/c1-28(26,27)20-22-18(17-9-2-3-10-24(17)20)19(25)23-11-5-8-16(23)13-14-6-4-7-15(21)12-14/h2-4,6-7,9-10,12,16H,5,8,11,13H2,1H3/t16-/m1/s1. The van der Waals surface area contributed by atoms with Crippen molar-refractivity contribution in [3.05, 3.63) is 65.7 Å². The van der Waals surface area contributed by atoms with Gasteiger partial charge in [-0.05, 0) is 49.1 Å². The summed E-state index contributed by atoms with van der Waals surface area (Å²) in [7, 11) is -3.59. The molecule has 4 rings (SSSR count). The molecule has 28 heavy (non-hydrogen) atoms. The number of imidazole rings is 1. The molecule has 0 unspecified atom stereocenters. The van der Waals surface area contributed by atoms with Crippen molar-refractivity contribution < 1.29 is 17.6 Å². The van der Waals surface area contributed by atoms with E-state index < -0.39 is 9.84 Å². The summed E-state index contributed by atoms with van der Waals surface area (Å²) in [6.07, 6.45) is 4.87. The van der Waals surface area contributed by atoms with E-state index in [0.29, 0.717) is 18.5 Å². The predicted molar refractivity (Wildman–Crippen MR) is 102 cm³/mol. The molecule has 0 aliphatic carbocycles. The van der Waals surface area contributed by atoms with Crippen LogP contribution in [0.25, 0.3) is 5.52 Å². The third-order valence-corrected chi connectivity index (χ3v) is 6.00. The highest BCUT2D eigenvalue weighted by Gasteiger charge is 2.33. The van der Waals surface area contributed by atoms with Gasteiger partial charge >= 0.3 is 0 Å². The van der Waals surface area contributed by atoms with Crippen LogP contribution in [0.3, 0.4) is 0 Å². The number of hydrogen-bond acceptors (Lipinski definition) is 4. The van der Waals surface area contributed by atoms with Crippen molar-refractivity contribution in [2.75, 3.05) is 12.8 Å². The largest absolute Gasteiger partial charge is 0.334 e. The number of nitrogens with zero attached hydrogens (tertiary/aromatic N) is 3. The van der Waals surface area contributed by atoms with Gasteiger partial charge in [-0.25, -0.2) is 17.8 Å². The Morgan fingerprint density at radius 1 is 1.25 bits per heavy atom. The van der Waals surface area contributed by atoms with Crippen LogP contribution in [0.4, 0.5) is 4.39 Å². The molecule has 3 heterocycles. The van der Waals surface area contributed by atoms with E-state index in [2.05, 4.69) is 4.98 Å². The van der Waals surface area contributed by atoms with E-state index in [1.807, 2.05) is 6.07 Å². The van der Waals surface area contributed by atoms with Gasteiger partial charge in [-0.3, -0.25) is 9.20 Å². The summed E-state index contributed by atoms with van der Waals surface area (Å²) < 4.78 is 39.1. The smallest absolute Gasteiger partial charge is 0.275 e. The quantitative estimate of drug-likeness (QED) is 0.674. The van der Waals surface area contributed by atoms with Crippen LogP contribution in [0.15, 0.2) is 53.8 Å². The van der Waals surface area contributed by atoms with Crippen molar-refractivity contribution in [1.82, 2.24) is 14.3 Å². The minimum absolute atomic E-state index is 0.0727. The molecule has 1 aromatic carbocycles. The molecule has 1 aliphatic heterocycles. The number of rotatable bonds is 4. The lowest BCUT2D eigenvalue weighted by Gasteiger charge is -2.24. The minimum atomic E-state index is -3.59. The van der Waals surface area contributed by atoms with Crippen molar-refractivity contribution in [3.63, 3.8) is 0 Å². The summed E-state index contributed by atoms with van der Waals surface area (Å²) in [5.41, 5.74) is 1.42. The Morgan fingerprint density at radius 2 is 2.07 bits per heavy atom. The zero-order valence-corrected chi connectivity index (χ0v) is 16.2. The lowest BCUT2D eigenvalue weighted by atomic mass is 10.0. The minimum Gasteiger partial charge on any atom is -0.334 e. The maximum atomic E-state index is 13.5. The lowest BCUT2D eigenvalue weighted by molar-refractivity contribution is 0.0732. The first kappa shape index (κ1) is 18.6. The number of carbonyl (C=O) groups excluding carboxylic acids is 1. The summed E-state index contributed by atoms with van der Waals surface area (Å²) in [6, 6.07) is 11.4. The maximum absolute atomic E-state index is 13.5. The van der Waals surface area contributed by atoms with Crippen LogP contribution in [0.1, 0.15) is 28.9 Å². The van der Waals surface area contributed by atoms with Crippen LogP contribution in [0.2, 0.25) is 0 Å². The van der Waals surface area contributed by atoms with E-state index in [4.69, 9.17) is 0 Å². The van der Waals surface area contributed by atoms with Crippen LogP contribution < -0.4 is 0 Å². The van der Waals surface area contributed by atoms with Gasteiger partial charge in [0.2, 0.25) is 15.0 Å². The molecule has 0 spiro atoms. The maximum Gasteiger partial charge on any atom is 0.275 e. The molecule has 1 aliphatic rings. The van der Waals surface area contributed by atoms with Crippen LogP contribution in [-0.2, 0) is 16.3 Å². The number of fused-ring (bicyclic) bond motifs is 1. The molecule has 0 radical (unpaired) electrons. The molecule has 1 amide bonds. The first-order chi connectivity index (χ1) is 13.3. The number of pyridine rings is 1. The number of aromatic nitrogens is 2. The fourth-order valence-electron chi connectivity index (χ4n) is 3.82. The van der Waals surface area contributed by atoms with Crippen molar-refractivity contribution in [2.45, 2.75) is 30.5 Å². The third-order valence-electron chi connectivity index (χ3n) is 5.05. The number of carbonyl (C=O) groups is 1. The molecule has 0 bridgehead atoms. The molecule has 0 saturated carbocycles. The number of likely N-dealkylation sites (tertiary alicyclic amines) is 1. The highest BCUT2D eigenvalue weighted by Crippen LogP contribution is 2.26. The summed E-state index contributed by atoms with van der Waals surface area (Å²) in [6.45, 7) is 0.568. The Balaban J connectivity index is 1.69. The predicted octanol–water partition coefficient (Wildman–Crippen LogP) is 2.72. The lowest BCUT2D eigenvalue weighted by Crippen LogP contribution is -2.37. The van der Waals surface area contributed by atoms with Gasteiger partial charge in [0.15, 0.2) is 5.69 Å². The Bertz CT molecular complexity index is 1160. The number of benzene rings is 1. The highest BCUT2D eigenvalue weighted by molar-refractivity contribution is 7.90. The molecular formula is C20H20FN3O3S. The number of halogens is 1. The first-order valence-electron chi connectivity index (χ1n) is 9.07. The van der Waals surface area contributed by atoms with Crippen molar-refractivity contribution >= 4 is 21.3 Å². The molecule has 2 aromatic heterocycles. The van der Waals surface area contributed by atoms with E-state index in [1.54, 1.807) is 35.4 Å². The summed E-state index contributed by atoms with van der Waals surface area (Å²) >= 11 is 0. The number of hydrogen-bond donors (Lipinski definition) is 0. The number of sulfone groups is 1. The van der Waals surface area contributed by atoms with Crippen LogP contribution in [0.5, 0.6) is 0 Å². The SMILES string of the molecule is CS(=O)(=O)c1nc(C(=O)N2CCC[C@@H]2Cc2cccc(F)c2)c2ccccn12. The van der Waals surface area contributed by atoms with E-state index in [0.717, 1.165) is 24.7 Å². The van der Waals surface area contributed by atoms with E-state index in [9.17, 15) is 17.6 Å². The second-order valence-corrected chi connectivity index (χ2v) is 9.01. The molecule has 3 aromatic rings. The fourth-order valence-corrected chi connectivity index (χ4v) is 4.59. The van der Waals surface area contributed by atoms with Crippen LogP contribution in [-0.4, -0.2) is 47.5 Å². The second kappa shape index (κ2) is 7.01. The average molecular weight is 401 g/mol. The van der Waals surface area contributed by atoms with E-state index >= 15 is 0 Å². The van der Waals surface area contributed by atoms with Gasteiger partial charge < -0.3 is 4.90 Å².